The molecule has 2 aromatic carbocycles. The highest BCUT2D eigenvalue weighted by molar-refractivity contribution is 6.22. The molecule has 0 spiro atoms. The van der Waals surface area contributed by atoms with Crippen molar-refractivity contribution in [3.63, 3.8) is 0 Å². The van der Waals surface area contributed by atoms with E-state index in [4.69, 9.17) is 0 Å². The predicted molar refractivity (Wildman–Crippen MR) is 101 cm³/mol. The van der Waals surface area contributed by atoms with Crippen molar-refractivity contribution in [1.29, 1.82) is 0 Å². The van der Waals surface area contributed by atoms with Crippen molar-refractivity contribution in [1.82, 2.24) is 10.2 Å². The number of amides is 4. The minimum absolute atomic E-state index is 0.256. The number of methoxy groups -OCH3 is 1. The monoisotopic (exact) mass is 395 g/mol. The molecular weight excluding hydrogens is 378 g/mol. The van der Waals surface area contributed by atoms with E-state index in [0.717, 1.165) is 4.90 Å². The lowest BCUT2D eigenvalue weighted by Gasteiger charge is -2.13. The molecule has 3 rings (SSSR count). The number of hydrogen-bond donors (Lipinski definition) is 2. The van der Waals surface area contributed by atoms with Crippen LogP contribution in [0.2, 0.25) is 0 Å². The van der Waals surface area contributed by atoms with Crippen molar-refractivity contribution < 1.29 is 28.7 Å². The van der Waals surface area contributed by atoms with Crippen molar-refractivity contribution in [2.45, 2.75) is 0 Å². The molecule has 1 heterocycles. The Labute approximate surface area is 165 Å². The molecule has 2 aromatic rings. The number of rotatable bonds is 6. The van der Waals surface area contributed by atoms with Crippen molar-refractivity contribution in [2.75, 3.05) is 25.5 Å². The topological polar surface area (TPSA) is 122 Å². The third-order valence-electron chi connectivity index (χ3n) is 4.23. The van der Waals surface area contributed by atoms with Gasteiger partial charge in [0.15, 0.2) is 0 Å². The molecule has 1 aliphatic heterocycles. The normalized spacial score (nSPS) is 12.4. The number of hydrogen-bond acceptors (Lipinski definition) is 6. The Morgan fingerprint density at radius 2 is 1.52 bits per heavy atom. The fourth-order valence-corrected chi connectivity index (χ4v) is 2.76. The lowest BCUT2D eigenvalue weighted by atomic mass is 10.1. The summed E-state index contributed by atoms with van der Waals surface area (Å²) in [6, 6.07) is 12.3. The smallest absolute Gasteiger partial charge is 0.325 e. The summed E-state index contributed by atoms with van der Waals surface area (Å²) in [5.74, 6) is -2.63. The molecular formula is C20H17N3O6. The van der Waals surface area contributed by atoms with Gasteiger partial charge in [0.2, 0.25) is 5.91 Å². The van der Waals surface area contributed by atoms with Crippen molar-refractivity contribution in [3.8, 4) is 0 Å². The molecule has 4 amide bonds. The van der Waals surface area contributed by atoms with Crippen LogP contribution in [0.3, 0.4) is 0 Å². The molecule has 9 heteroatoms. The molecule has 0 bridgehead atoms. The van der Waals surface area contributed by atoms with Crippen LogP contribution in [0.15, 0.2) is 48.5 Å². The highest BCUT2D eigenvalue weighted by atomic mass is 16.5. The number of nitrogens with zero attached hydrogens (tertiary/aromatic N) is 1. The Kier molecular flexibility index (Phi) is 5.68. The largest absolute Gasteiger partial charge is 0.468 e. The van der Waals surface area contributed by atoms with E-state index in [9.17, 15) is 24.0 Å². The third kappa shape index (κ3) is 4.29. The van der Waals surface area contributed by atoms with Crippen LogP contribution < -0.4 is 10.6 Å². The van der Waals surface area contributed by atoms with Crippen LogP contribution in [0.25, 0.3) is 0 Å². The van der Waals surface area contributed by atoms with Crippen molar-refractivity contribution in [2.24, 2.45) is 0 Å². The molecule has 2 N–H and O–H groups in total. The molecule has 0 saturated heterocycles. The molecule has 148 valence electrons. The Morgan fingerprint density at radius 3 is 2.07 bits per heavy atom. The zero-order valence-corrected chi connectivity index (χ0v) is 15.4. The van der Waals surface area contributed by atoms with Gasteiger partial charge in [-0.2, -0.15) is 0 Å². The van der Waals surface area contributed by atoms with Gasteiger partial charge in [0.25, 0.3) is 17.7 Å². The van der Waals surface area contributed by atoms with Crippen LogP contribution in [0.5, 0.6) is 0 Å². The number of imide groups is 1. The van der Waals surface area contributed by atoms with Gasteiger partial charge in [0, 0.05) is 11.3 Å². The maximum atomic E-state index is 12.3. The van der Waals surface area contributed by atoms with Gasteiger partial charge in [-0.3, -0.25) is 28.9 Å². The summed E-state index contributed by atoms with van der Waals surface area (Å²) in [5.41, 5.74) is 1.21. The van der Waals surface area contributed by atoms with Crippen LogP contribution in [-0.4, -0.2) is 54.7 Å². The summed E-state index contributed by atoms with van der Waals surface area (Å²) < 4.78 is 4.44. The predicted octanol–water partition coefficient (Wildman–Crippen LogP) is 0.824. The molecule has 0 unspecified atom stereocenters. The fourth-order valence-electron chi connectivity index (χ4n) is 2.76. The Bertz CT molecular complexity index is 965. The summed E-state index contributed by atoms with van der Waals surface area (Å²) in [6.45, 7) is -0.679. The molecule has 9 nitrogen and oxygen atoms in total. The SMILES string of the molecule is COC(=O)CNC(=O)c1ccc(NC(=O)CN2C(=O)c3ccccc3C2=O)cc1. The number of esters is 1. The fraction of sp³-hybridized carbons (Fsp3) is 0.150. The summed E-state index contributed by atoms with van der Waals surface area (Å²) in [5, 5.41) is 4.97. The Hall–Kier alpha value is -4.01. The summed E-state index contributed by atoms with van der Waals surface area (Å²) >= 11 is 0. The second kappa shape index (κ2) is 8.34. The van der Waals surface area contributed by atoms with E-state index < -0.39 is 36.1 Å². The van der Waals surface area contributed by atoms with Crippen molar-refractivity contribution >= 4 is 35.3 Å². The molecule has 0 aliphatic carbocycles. The summed E-state index contributed by atoms with van der Waals surface area (Å²) in [4.78, 5) is 60.7. The van der Waals surface area contributed by atoms with E-state index in [2.05, 4.69) is 15.4 Å². The first-order valence-corrected chi connectivity index (χ1v) is 8.61. The number of nitrogens with one attached hydrogen (secondary N) is 2. The number of anilines is 1. The highest BCUT2D eigenvalue weighted by Crippen LogP contribution is 2.22. The minimum atomic E-state index is -0.574. The maximum Gasteiger partial charge on any atom is 0.325 e. The molecule has 0 aromatic heterocycles. The van der Waals surface area contributed by atoms with Crippen LogP contribution in [0.1, 0.15) is 31.1 Å². The van der Waals surface area contributed by atoms with Gasteiger partial charge < -0.3 is 15.4 Å². The zero-order chi connectivity index (χ0) is 21.0. The first-order chi connectivity index (χ1) is 13.9. The molecule has 0 fully saturated rings. The first-order valence-electron chi connectivity index (χ1n) is 8.61. The van der Waals surface area contributed by atoms with E-state index in [1.165, 1.54) is 43.5 Å². The first kappa shape index (κ1) is 19.7. The van der Waals surface area contributed by atoms with Gasteiger partial charge in [0.05, 0.1) is 18.2 Å². The zero-order valence-electron chi connectivity index (χ0n) is 15.4. The number of benzene rings is 2. The second-order valence-electron chi connectivity index (χ2n) is 6.13. The van der Waals surface area contributed by atoms with Gasteiger partial charge in [-0.25, -0.2) is 0 Å². The second-order valence-corrected chi connectivity index (χ2v) is 6.13. The molecule has 0 atom stereocenters. The highest BCUT2D eigenvalue weighted by Gasteiger charge is 2.36. The lowest BCUT2D eigenvalue weighted by molar-refractivity contribution is -0.139. The van der Waals surface area contributed by atoms with E-state index in [1.54, 1.807) is 12.1 Å². The average molecular weight is 395 g/mol. The Morgan fingerprint density at radius 1 is 0.931 bits per heavy atom. The molecule has 0 radical (unpaired) electrons. The summed E-state index contributed by atoms with van der Waals surface area (Å²) in [7, 11) is 1.22. The summed E-state index contributed by atoms with van der Waals surface area (Å²) in [6.07, 6.45) is 0. The van der Waals surface area contributed by atoms with E-state index in [0.29, 0.717) is 5.69 Å². The van der Waals surface area contributed by atoms with E-state index in [1.807, 2.05) is 0 Å². The minimum Gasteiger partial charge on any atom is -0.468 e. The van der Waals surface area contributed by atoms with Crippen LogP contribution in [0.4, 0.5) is 5.69 Å². The molecule has 1 aliphatic rings. The van der Waals surface area contributed by atoms with Crippen LogP contribution >= 0.6 is 0 Å². The standard InChI is InChI=1S/C20H17N3O6/c1-29-17(25)10-21-18(26)12-6-8-13(9-7-12)22-16(24)11-23-19(27)14-4-2-3-5-15(14)20(23)28/h2-9H,10-11H2,1H3,(H,21,26)(H,22,24). The van der Waals surface area contributed by atoms with Gasteiger partial charge in [-0.1, -0.05) is 12.1 Å². The van der Waals surface area contributed by atoms with Crippen molar-refractivity contribution in [3.05, 3.63) is 65.2 Å². The van der Waals surface area contributed by atoms with E-state index >= 15 is 0 Å². The third-order valence-corrected chi connectivity index (χ3v) is 4.23. The molecule has 29 heavy (non-hydrogen) atoms. The Balaban J connectivity index is 1.58. The van der Waals surface area contributed by atoms with E-state index in [-0.39, 0.29) is 23.2 Å². The number of carbonyl (C=O) groups excluding carboxylic acids is 5. The van der Waals surface area contributed by atoms with Gasteiger partial charge in [0.1, 0.15) is 13.1 Å². The lowest BCUT2D eigenvalue weighted by Crippen LogP contribution is -2.37. The number of carbonyl (C=O) groups is 5. The van der Waals surface area contributed by atoms with Gasteiger partial charge >= 0.3 is 5.97 Å². The quantitative estimate of drug-likeness (QED) is 0.552. The molecule has 0 saturated carbocycles. The maximum absolute atomic E-state index is 12.3. The van der Waals surface area contributed by atoms with Crippen LogP contribution in [-0.2, 0) is 14.3 Å². The van der Waals surface area contributed by atoms with Gasteiger partial charge in [-0.15, -0.1) is 0 Å². The number of ether oxygens (including phenoxy) is 1. The average Bonchev–Trinajstić information content (AvgIpc) is 2.97. The number of fused-ring (bicyclic) bond motifs is 1. The van der Waals surface area contributed by atoms with Crippen LogP contribution in [0, 0.1) is 0 Å². The van der Waals surface area contributed by atoms with Gasteiger partial charge in [-0.05, 0) is 36.4 Å².